The van der Waals surface area contributed by atoms with Crippen molar-refractivity contribution in [2.75, 3.05) is 19.0 Å². The molecule has 0 aliphatic heterocycles. The van der Waals surface area contributed by atoms with Gasteiger partial charge in [-0.05, 0) is 34.7 Å². The number of rotatable bonds is 6. The van der Waals surface area contributed by atoms with Crippen molar-refractivity contribution < 1.29 is 9.53 Å². The quantitative estimate of drug-likeness (QED) is 0.850. The first-order valence-electron chi connectivity index (χ1n) is 8.13. The number of carbonyl (C=O) groups is 1. The maximum atomic E-state index is 12.2. The molecule has 0 atom stereocenters. The number of nitrogens with one attached hydrogen (secondary N) is 2. The van der Waals surface area contributed by atoms with Gasteiger partial charge >= 0.3 is 0 Å². The van der Waals surface area contributed by atoms with Crippen molar-refractivity contribution in [1.29, 1.82) is 0 Å². The Bertz CT molecular complexity index is 673. The van der Waals surface area contributed by atoms with Gasteiger partial charge in [0.2, 0.25) is 5.91 Å². The van der Waals surface area contributed by atoms with Crippen LogP contribution in [-0.4, -0.2) is 19.6 Å². The molecule has 128 valence electrons. The van der Waals surface area contributed by atoms with Crippen LogP contribution in [0.15, 0.2) is 48.5 Å². The molecule has 0 heterocycles. The van der Waals surface area contributed by atoms with E-state index in [-0.39, 0.29) is 17.9 Å². The summed E-state index contributed by atoms with van der Waals surface area (Å²) >= 11 is 0. The molecule has 0 spiro atoms. The second-order valence-corrected chi connectivity index (χ2v) is 6.80. The van der Waals surface area contributed by atoms with Crippen LogP contribution in [0.2, 0.25) is 0 Å². The normalized spacial score (nSPS) is 11.2. The molecule has 0 bridgehead atoms. The van der Waals surface area contributed by atoms with Crippen LogP contribution in [0.5, 0.6) is 5.75 Å². The van der Waals surface area contributed by atoms with Crippen LogP contribution in [0.1, 0.15) is 31.9 Å². The van der Waals surface area contributed by atoms with E-state index >= 15 is 0 Å². The van der Waals surface area contributed by atoms with Crippen LogP contribution in [0.3, 0.4) is 0 Å². The van der Waals surface area contributed by atoms with Crippen molar-refractivity contribution in [2.45, 2.75) is 32.7 Å². The lowest BCUT2D eigenvalue weighted by atomic mass is 9.86. The maximum absolute atomic E-state index is 12.2. The Morgan fingerprint density at radius 1 is 1.04 bits per heavy atom. The number of amides is 1. The highest BCUT2D eigenvalue weighted by Gasteiger charge is 2.18. The zero-order chi connectivity index (χ0) is 17.6. The molecule has 0 aliphatic carbocycles. The number of carbonyl (C=O) groups excluding carboxylic acids is 1. The van der Waals surface area contributed by atoms with E-state index in [2.05, 4.69) is 37.5 Å². The fraction of sp³-hybridized carbons (Fsp3) is 0.350. The zero-order valence-electron chi connectivity index (χ0n) is 14.8. The lowest BCUT2D eigenvalue weighted by Gasteiger charge is -2.23. The fourth-order valence-corrected chi connectivity index (χ4v) is 2.50. The Morgan fingerprint density at radius 3 is 2.33 bits per heavy atom. The van der Waals surface area contributed by atoms with Gasteiger partial charge in [-0.1, -0.05) is 51.1 Å². The Hall–Kier alpha value is -2.33. The first-order chi connectivity index (χ1) is 11.4. The van der Waals surface area contributed by atoms with Crippen molar-refractivity contribution in [2.24, 2.45) is 0 Å². The molecular formula is C20H26N2O2. The van der Waals surface area contributed by atoms with E-state index in [1.165, 1.54) is 0 Å². The maximum Gasteiger partial charge on any atom is 0.238 e. The molecule has 0 radical (unpaired) electrons. The monoisotopic (exact) mass is 326 g/mol. The van der Waals surface area contributed by atoms with Gasteiger partial charge in [0.25, 0.3) is 0 Å². The van der Waals surface area contributed by atoms with E-state index in [0.717, 1.165) is 22.6 Å². The first kappa shape index (κ1) is 18.0. The van der Waals surface area contributed by atoms with Crippen LogP contribution in [-0.2, 0) is 16.8 Å². The second-order valence-electron chi connectivity index (χ2n) is 6.80. The van der Waals surface area contributed by atoms with Crippen molar-refractivity contribution in [3.05, 3.63) is 59.7 Å². The van der Waals surface area contributed by atoms with E-state index in [0.29, 0.717) is 6.54 Å². The van der Waals surface area contributed by atoms with Crippen LogP contribution in [0.4, 0.5) is 5.69 Å². The molecule has 2 N–H and O–H groups in total. The summed E-state index contributed by atoms with van der Waals surface area (Å²) in [5.74, 6) is 0.787. The lowest BCUT2D eigenvalue weighted by molar-refractivity contribution is -0.115. The highest BCUT2D eigenvalue weighted by molar-refractivity contribution is 5.93. The predicted molar refractivity (Wildman–Crippen MR) is 98.5 cm³/mol. The highest BCUT2D eigenvalue weighted by atomic mass is 16.5. The summed E-state index contributed by atoms with van der Waals surface area (Å²) in [6.07, 6.45) is 0. The van der Waals surface area contributed by atoms with Gasteiger partial charge in [-0.3, -0.25) is 4.79 Å². The molecule has 1 amide bonds. The fourth-order valence-electron chi connectivity index (χ4n) is 2.50. The summed E-state index contributed by atoms with van der Waals surface area (Å²) < 4.78 is 5.13. The van der Waals surface area contributed by atoms with Gasteiger partial charge in [0.15, 0.2) is 0 Å². The van der Waals surface area contributed by atoms with Crippen molar-refractivity contribution in [3.63, 3.8) is 0 Å². The number of para-hydroxylation sites is 1. The summed E-state index contributed by atoms with van der Waals surface area (Å²) in [6, 6.07) is 15.7. The molecule has 0 saturated carbocycles. The lowest BCUT2D eigenvalue weighted by Crippen LogP contribution is -2.28. The molecular weight excluding hydrogens is 300 g/mol. The SMILES string of the molecule is COc1ccc(CNCC(=O)Nc2ccccc2C(C)(C)C)cc1. The topological polar surface area (TPSA) is 50.4 Å². The van der Waals surface area contributed by atoms with E-state index < -0.39 is 0 Å². The summed E-state index contributed by atoms with van der Waals surface area (Å²) in [4.78, 5) is 12.2. The molecule has 24 heavy (non-hydrogen) atoms. The minimum Gasteiger partial charge on any atom is -0.497 e. The van der Waals surface area contributed by atoms with Crippen LogP contribution >= 0.6 is 0 Å². The molecule has 4 nitrogen and oxygen atoms in total. The Labute approximate surface area is 144 Å². The van der Waals surface area contributed by atoms with Crippen LogP contribution in [0, 0.1) is 0 Å². The predicted octanol–water partition coefficient (Wildman–Crippen LogP) is 3.72. The summed E-state index contributed by atoms with van der Waals surface area (Å²) in [5.41, 5.74) is 3.11. The van der Waals surface area contributed by atoms with Gasteiger partial charge in [0, 0.05) is 12.2 Å². The molecule has 0 aromatic heterocycles. The smallest absolute Gasteiger partial charge is 0.238 e. The van der Waals surface area contributed by atoms with Crippen molar-refractivity contribution in [1.82, 2.24) is 5.32 Å². The minimum atomic E-state index is -0.0415. The van der Waals surface area contributed by atoms with Crippen molar-refractivity contribution >= 4 is 11.6 Å². The number of hydrogen-bond donors (Lipinski definition) is 2. The molecule has 0 aliphatic rings. The van der Waals surface area contributed by atoms with E-state index in [4.69, 9.17) is 4.74 Å². The summed E-state index contributed by atoms with van der Waals surface area (Å²) in [7, 11) is 1.65. The van der Waals surface area contributed by atoms with Gasteiger partial charge in [-0.15, -0.1) is 0 Å². The molecule has 2 rings (SSSR count). The molecule has 2 aromatic rings. The highest BCUT2D eigenvalue weighted by Crippen LogP contribution is 2.29. The molecule has 2 aromatic carbocycles. The number of hydrogen-bond acceptors (Lipinski definition) is 3. The van der Waals surface area contributed by atoms with Gasteiger partial charge < -0.3 is 15.4 Å². The van der Waals surface area contributed by atoms with Gasteiger partial charge in [0.1, 0.15) is 5.75 Å². The molecule has 0 unspecified atom stereocenters. The van der Waals surface area contributed by atoms with E-state index in [9.17, 15) is 4.79 Å². The Balaban J connectivity index is 1.87. The van der Waals surface area contributed by atoms with Gasteiger partial charge in [0.05, 0.1) is 13.7 Å². The third-order valence-electron chi connectivity index (χ3n) is 3.78. The number of ether oxygens (including phenoxy) is 1. The standard InChI is InChI=1S/C20H26N2O2/c1-20(2,3)17-7-5-6-8-18(17)22-19(23)14-21-13-15-9-11-16(24-4)12-10-15/h5-12,21H,13-14H2,1-4H3,(H,22,23). The average molecular weight is 326 g/mol. The summed E-state index contributed by atoms with van der Waals surface area (Å²) in [5, 5.41) is 6.16. The third-order valence-corrected chi connectivity index (χ3v) is 3.78. The first-order valence-corrected chi connectivity index (χ1v) is 8.13. The number of benzene rings is 2. The van der Waals surface area contributed by atoms with Gasteiger partial charge in [-0.25, -0.2) is 0 Å². The van der Waals surface area contributed by atoms with Crippen LogP contribution < -0.4 is 15.4 Å². The Kier molecular flexibility index (Phi) is 5.99. The number of anilines is 1. The minimum absolute atomic E-state index is 0.0135. The van der Waals surface area contributed by atoms with E-state index in [1.807, 2.05) is 42.5 Å². The largest absolute Gasteiger partial charge is 0.497 e. The van der Waals surface area contributed by atoms with Crippen LogP contribution in [0.25, 0.3) is 0 Å². The molecule has 0 saturated heterocycles. The van der Waals surface area contributed by atoms with E-state index in [1.54, 1.807) is 7.11 Å². The second kappa shape index (κ2) is 7.97. The Morgan fingerprint density at radius 2 is 1.71 bits per heavy atom. The number of methoxy groups -OCH3 is 1. The third kappa shape index (κ3) is 5.10. The average Bonchev–Trinajstić information content (AvgIpc) is 2.55. The van der Waals surface area contributed by atoms with Crippen molar-refractivity contribution in [3.8, 4) is 5.75 Å². The van der Waals surface area contributed by atoms with Gasteiger partial charge in [-0.2, -0.15) is 0 Å². The molecule has 0 fully saturated rings. The molecule has 4 heteroatoms. The summed E-state index contributed by atoms with van der Waals surface area (Å²) in [6.45, 7) is 7.32. The zero-order valence-corrected chi connectivity index (χ0v) is 14.8.